The second kappa shape index (κ2) is 5.38. The fraction of sp³-hybridized carbons (Fsp3) is 0.273. The van der Waals surface area contributed by atoms with Crippen LogP contribution in [0.4, 0.5) is 8.78 Å². The second-order valence-electron chi connectivity index (χ2n) is 3.40. The highest BCUT2D eigenvalue weighted by Gasteiger charge is 2.14. The molecule has 0 fully saturated rings. The maximum Gasteiger partial charge on any atom is 0.387 e. The third-order valence-corrected chi connectivity index (χ3v) is 2.05. The normalized spacial score (nSPS) is 10.4. The first-order chi connectivity index (χ1) is 7.93. The number of carboxylic acids is 1. The van der Waals surface area contributed by atoms with Crippen molar-refractivity contribution in [2.24, 2.45) is 0 Å². The van der Waals surface area contributed by atoms with Gasteiger partial charge in [0.2, 0.25) is 0 Å². The predicted molar refractivity (Wildman–Crippen MR) is 54.5 cm³/mol. The number of carbonyl (C=O) groups excluding carboxylic acids is 1. The van der Waals surface area contributed by atoms with E-state index in [0.29, 0.717) is 17.4 Å². The minimum Gasteiger partial charge on any atom is -0.481 e. The molecule has 0 heterocycles. The summed E-state index contributed by atoms with van der Waals surface area (Å²) in [5.41, 5.74) is 0.575. The molecule has 0 aliphatic carbocycles. The Morgan fingerprint density at radius 1 is 1.53 bits per heavy atom. The maximum absolute atomic E-state index is 12.1. The molecule has 6 heteroatoms. The molecule has 0 bridgehead atoms. The van der Waals surface area contributed by atoms with E-state index in [1.807, 2.05) is 0 Å². The van der Waals surface area contributed by atoms with Crippen LogP contribution in [-0.2, 0) is 11.2 Å². The van der Waals surface area contributed by atoms with Gasteiger partial charge in [-0.2, -0.15) is 8.78 Å². The van der Waals surface area contributed by atoms with Gasteiger partial charge in [0.1, 0.15) is 5.75 Å². The fourth-order valence-electron chi connectivity index (χ4n) is 1.49. The minimum atomic E-state index is -3.03. The third kappa shape index (κ3) is 3.51. The molecule has 1 aromatic carbocycles. The zero-order chi connectivity index (χ0) is 13.0. The molecule has 4 nitrogen and oxygen atoms in total. The van der Waals surface area contributed by atoms with E-state index >= 15 is 0 Å². The van der Waals surface area contributed by atoms with Crippen molar-refractivity contribution >= 4 is 12.3 Å². The highest BCUT2D eigenvalue weighted by Crippen LogP contribution is 2.26. The van der Waals surface area contributed by atoms with Crippen LogP contribution in [-0.4, -0.2) is 24.0 Å². The van der Waals surface area contributed by atoms with Crippen molar-refractivity contribution < 1.29 is 28.2 Å². The summed E-state index contributed by atoms with van der Waals surface area (Å²) >= 11 is 0. The van der Waals surface area contributed by atoms with Crippen LogP contribution in [0.2, 0.25) is 0 Å². The van der Waals surface area contributed by atoms with Gasteiger partial charge in [-0.25, -0.2) is 0 Å². The number of ether oxygens (including phenoxy) is 1. The maximum atomic E-state index is 12.1. The molecule has 17 heavy (non-hydrogen) atoms. The lowest BCUT2D eigenvalue weighted by Gasteiger charge is -2.11. The van der Waals surface area contributed by atoms with Gasteiger partial charge in [0.15, 0.2) is 6.29 Å². The van der Waals surface area contributed by atoms with E-state index in [0.717, 1.165) is 0 Å². The Morgan fingerprint density at radius 2 is 2.18 bits per heavy atom. The van der Waals surface area contributed by atoms with Crippen molar-refractivity contribution in [1.29, 1.82) is 0 Å². The molecule has 1 rings (SSSR count). The van der Waals surface area contributed by atoms with Gasteiger partial charge in [-0.3, -0.25) is 9.59 Å². The Morgan fingerprint density at radius 3 is 2.65 bits per heavy atom. The lowest BCUT2D eigenvalue weighted by Crippen LogP contribution is -2.08. The van der Waals surface area contributed by atoms with E-state index in [4.69, 9.17) is 5.11 Å². The summed E-state index contributed by atoms with van der Waals surface area (Å²) < 4.78 is 28.4. The molecule has 1 aromatic rings. The van der Waals surface area contributed by atoms with Crippen LogP contribution in [0.3, 0.4) is 0 Å². The molecule has 0 amide bonds. The first-order valence-corrected chi connectivity index (χ1v) is 4.69. The minimum absolute atomic E-state index is 0.0819. The summed E-state index contributed by atoms with van der Waals surface area (Å²) in [7, 11) is 0. The molecule has 0 atom stereocenters. The van der Waals surface area contributed by atoms with Crippen LogP contribution >= 0.6 is 0 Å². The Kier molecular flexibility index (Phi) is 4.14. The number of benzene rings is 1. The Hall–Kier alpha value is -1.98. The molecular formula is C11H10F2O4. The quantitative estimate of drug-likeness (QED) is 0.805. The molecule has 92 valence electrons. The summed E-state index contributed by atoms with van der Waals surface area (Å²) in [6.45, 7) is -1.56. The monoisotopic (exact) mass is 244 g/mol. The number of carboxylic acid groups (broad SMARTS) is 1. The number of halogens is 2. The SMILES string of the molecule is Cc1cc(CC(=O)O)cc(C=O)c1OC(F)F. The number of aryl methyl sites for hydroxylation is 1. The topological polar surface area (TPSA) is 63.6 Å². The van der Waals surface area contributed by atoms with Gasteiger partial charge in [-0.05, 0) is 24.1 Å². The van der Waals surface area contributed by atoms with Crippen molar-refractivity contribution in [2.75, 3.05) is 0 Å². The predicted octanol–water partition coefficient (Wildman–Crippen LogP) is 2.04. The average Bonchev–Trinajstić information content (AvgIpc) is 2.20. The summed E-state index contributed by atoms with van der Waals surface area (Å²) in [6, 6.07) is 2.63. The molecule has 0 unspecified atom stereocenters. The number of aliphatic carboxylic acids is 1. The van der Waals surface area contributed by atoms with E-state index in [1.54, 1.807) is 0 Å². The highest BCUT2D eigenvalue weighted by molar-refractivity contribution is 5.81. The standard InChI is InChI=1S/C11H10F2O4/c1-6-2-7(4-9(15)16)3-8(5-14)10(6)17-11(12)13/h2-3,5,11H,4H2,1H3,(H,15,16). The molecule has 0 radical (unpaired) electrons. The van der Waals surface area contributed by atoms with Crippen molar-refractivity contribution in [3.05, 3.63) is 28.8 Å². The van der Waals surface area contributed by atoms with Crippen LogP contribution in [0.1, 0.15) is 21.5 Å². The first-order valence-electron chi connectivity index (χ1n) is 4.69. The number of carbonyl (C=O) groups is 2. The number of hydrogen-bond donors (Lipinski definition) is 1. The van der Waals surface area contributed by atoms with Gasteiger partial charge in [0, 0.05) is 0 Å². The lowest BCUT2D eigenvalue weighted by atomic mass is 10.0. The zero-order valence-corrected chi connectivity index (χ0v) is 8.94. The van der Waals surface area contributed by atoms with Crippen molar-refractivity contribution in [1.82, 2.24) is 0 Å². The Balaban J connectivity index is 3.15. The molecule has 0 aliphatic rings. The van der Waals surface area contributed by atoms with E-state index < -0.39 is 12.6 Å². The van der Waals surface area contributed by atoms with Gasteiger partial charge < -0.3 is 9.84 Å². The van der Waals surface area contributed by atoms with Gasteiger partial charge in [0.25, 0.3) is 0 Å². The van der Waals surface area contributed by atoms with Crippen LogP contribution in [0.25, 0.3) is 0 Å². The summed E-state index contributed by atoms with van der Waals surface area (Å²) in [5, 5.41) is 8.60. The smallest absolute Gasteiger partial charge is 0.387 e. The highest BCUT2D eigenvalue weighted by atomic mass is 19.3. The zero-order valence-electron chi connectivity index (χ0n) is 8.94. The third-order valence-electron chi connectivity index (χ3n) is 2.05. The summed E-state index contributed by atoms with van der Waals surface area (Å²) in [6.07, 6.45) is 0.0761. The van der Waals surface area contributed by atoms with Crippen LogP contribution in [0.5, 0.6) is 5.75 Å². The number of hydrogen-bond acceptors (Lipinski definition) is 3. The van der Waals surface area contributed by atoms with Gasteiger partial charge in [-0.15, -0.1) is 0 Å². The molecule has 1 N–H and O–H groups in total. The average molecular weight is 244 g/mol. The summed E-state index contributed by atoms with van der Waals surface area (Å²) in [4.78, 5) is 21.2. The van der Waals surface area contributed by atoms with Gasteiger partial charge in [-0.1, -0.05) is 6.07 Å². The number of alkyl halides is 2. The molecule has 0 aliphatic heterocycles. The van der Waals surface area contributed by atoms with E-state index in [1.165, 1.54) is 19.1 Å². The van der Waals surface area contributed by atoms with E-state index in [-0.39, 0.29) is 17.7 Å². The van der Waals surface area contributed by atoms with Crippen LogP contribution in [0.15, 0.2) is 12.1 Å². The van der Waals surface area contributed by atoms with Crippen molar-refractivity contribution in [3.8, 4) is 5.75 Å². The van der Waals surface area contributed by atoms with Crippen LogP contribution in [0, 0.1) is 6.92 Å². The van der Waals surface area contributed by atoms with Crippen molar-refractivity contribution in [2.45, 2.75) is 20.0 Å². The van der Waals surface area contributed by atoms with Gasteiger partial charge in [0.05, 0.1) is 12.0 Å². The molecular weight excluding hydrogens is 234 g/mol. The molecule has 0 saturated heterocycles. The molecule has 0 spiro atoms. The van der Waals surface area contributed by atoms with Crippen LogP contribution < -0.4 is 4.74 Å². The number of aldehydes is 1. The fourth-order valence-corrected chi connectivity index (χ4v) is 1.49. The Bertz CT molecular complexity index is 443. The molecule has 0 saturated carbocycles. The number of rotatable bonds is 5. The largest absolute Gasteiger partial charge is 0.481 e. The van der Waals surface area contributed by atoms with Crippen molar-refractivity contribution in [3.63, 3.8) is 0 Å². The Labute approximate surface area is 95.8 Å². The second-order valence-corrected chi connectivity index (χ2v) is 3.40. The lowest BCUT2D eigenvalue weighted by molar-refractivity contribution is -0.136. The van der Waals surface area contributed by atoms with Gasteiger partial charge >= 0.3 is 12.6 Å². The van der Waals surface area contributed by atoms with E-state index in [2.05, 4.69) is 4.74 Å². The van der Waals surface area contributed by atoms with E-state index in [9.17, 15) is 18.4 Å². The first kappa shape index (κ1) is 13.1. The molecule has 0 aromatic heterocycles. The summed E-state index contributed by atoms with van der Waals surface area (Å²) in [5.74, 6) is -1.28.